The smallest absolute Gasteiger partial charge is 0.338 e. The number of carbonyl (C=O) groups is 2. The first-order valence-corrected chi connectivity index (χ1v) is 9.67. The van der Waals surface area contributed by atoms with Gasteiger partial charge in [0.1, 0.15) is 24.4 Å². The van der Waals surface area contributed by atoms with Gasteiger partial charge in [-0.05, 0) is 24.3 Å². The van der Waals surface area contributed by atoms with E-state index in [1.54, 1.807) is 48.5 Å². The first-order valence-electron chi connectivity index (χ1n) is 9.67. The summed E-state index contributed by atoms with van der Waals surface area (Å²) in [7, 11) is 1.51. The number of ether oxygens (including phenoxy) is 6. The predicted molar refractivity (Wildman–Crippen MR) is 100 cm³/mol. The van der Waals surface area contributed by atoms with E-state index in [9.17, 15) is 9.59 Å². The fraction of sp³-hybridized carbons (Fsp3) is 0.364. The monoisotopic (exact) mass is 412 g/mol. The molecule has 4 bridgehead atoms. The summed E-state index contributed by atoms with van der Waals surface area (Å²) in [4.78, 5) is 25.3. The molecule has 8 nitrogen and oxygen atoms in total. The minimum absolute atomic E-state index is 0.398. The van der Waals surface area contributed by atoms with Crippen LogP contribution in [0, 0.1) is 0 Å². The van der Waals surface area contributed by atoms with E-state index in [1.807, 2.05) is 12.1 Å². The fourth-order valence-corrected chi connectivity index (χ4v) is 4.14. The number of esters is 2. The van der Waals surface area contributed by atoms with Crippen molar-refractivity contribution < 1.29 is 38.0 Å². The molecule has 0 amide bonds. The van der Waals surface area contributed by atoms with Gasteiger partial charge in [0.15, 0.2) is 12.2 Å². The molecule has 30 heavy (non-hydrogen) atoms. The van der Waals surface area contributed by atoms with E-state index in [-0.39, 0.29) is 0 Å². The van der Waals surface area contributed by atoms with Gasteiger partial charge in [0.2, 0.25) is 0 Å². The summed E-state index contributed by atoms with van der Waals surface area (Å²) in [6.07, 6.45) is -4.18. The van der Waals surface area contributed by atoms with Crippen LogP contribution in [0.2, 0.25) is 0 Å². The number of benzene rings is 2. The molecule has 3 unspecified atom stereocenters. The molecule has 0 N–H and O–H groups in total. The van der Waals surface area contributed by atoms with Crippen molar-refractivity contribution in [1.29, 1.82) is 0 Å². The molecule has 0 radical (unpaired) electrons. The molecular weight excluding hydrogens is 392 g/mol. The van der Waals surface area contributed by atoms with Crippen LogP contribution in [-0.4, -0.2) is 62.1 Å². The molecule has 3 aliphatic heterocycles. The molecule has 0 spiro atoms. The Morgan fingerprint density at radius 1 is 0.667 bits per heavy atom. The molecule has 4 aliphatic rings. The topological polar surface area (TPSA) is 89.5 Å². The SMILES string of the molecule is COC1[C@H]2OC3OC([C@H]2OC(=O)c2ccccc2)[C@@H](OC(=O)c2ccccc2)[C@H]1O3. The summed E-state index contributed by atoms with van der Waals surface area (Å²) >= 11 is 0. The first-order chi connectivity index (χ1) is 14.7. The Labute approximate surface area is 172 Å². The van der Waals surface area contributed by atoms with Crippen molar-refractivity contribution >= 4 is 11.9 Å². The maximum Gasteiger partial charge on any atom is 0.338 e. The van der Waals surface area contributed by atoms with E-state index >= 15 is 0 Å². The Balaban J connectivity index is 1.41. The highest BCUT2D eigenvalue weighted by atomic mass is 16.9. The van der Waals surface area contributed by atoms with Crippen LogP contribution >= 0.6 is 0 Å². The minimum atomic E-state index is -0.922. The number of hydrogen-bond donors (Lipinski definition) is 0. The summed E-state index contributed by atoms with van der Waals surface area (Å²) in [6.45, 7) is -0.922. The maximum atomic E-state index is 12.7. The van der Waals surface area contributed by atoms with Crippen LogP contribution in [0.25, 0.3) is 0 Å². The van der Waals surface area contributed by atoms with Gasteiger partial charge in [0.05, 0.1) is 11.1 Å². The molecule has 3 heterocycles. The average Bonchev–Trinajstić information content (AvgIpc) is 2.79. The van der Waals surface area contributed by atoms with Gasteiger partial charge in [-0.3, -0.25) is 0 Å². The lowest BCUT2D eigenvalue weighted by molar-refractivity contribution is -0.480. The zero-order chi connectivity index (χ0) is 20.7. The second kappa shape index (κ2) is 7.81. The second-order valence-corrected chi connectivity index (χ2v) is 7.26. The normalized spacial score (nSPS) is 33.8. The maximum absolute atomic E-state index is 12.7. The van der Waals surface area contributed by atoms with Crippen molar-refractivity contribution in [2.75, 3.05) is 7.11 Å². The number of rotatable bonds is 5. The van der Waals surface area contributed by atoms with E-state index < -0.39 is 55.0 Å². The lowest BCUT2D eigenvalue weighted by Crippen LogP contribution is -2.76. The molecule has 1 saturated carbocycles. The van der Waals surface area contributed by atoms with E-state index in [2.05, 4.69) is 0 Å². The van der Waals surface area contributed by atoms with Crippen LogP contribution < -0.4 is 0 Å². The van der Waals surface area contributed by atoms with Crippen molar-refractivity contribution in [3.8, 4) is 0 Å². The van der Waals surface area contributed by atoms with Gasteiger partial charge < -0.3 is 28.4 Å². The lowest BCUT2D eigenvalue weighted by Gasteiger charge is -2.57. The Bertz CT molecular complexity index is 846. The van der Waals surface area contributed by atoms with Crippen molar-refractivity contribution in [3.05, 3.63) is 71.8 Å². The van der Waals surface area contributed by atoms with Crippen LogP contribution in [0.1, 0.15) is 20.7 Å². The van der Waals surface area contributed by atoms with Gasteiger partial charge in [-0.2, -0.15) is 0 Å². The number of hydrogen-bond acceptors (Lipinski definition) is 8. The highest BCUT2D eigenvalue weighted by molar-refractivity contribution is 5.90. The molecule has 8 heteroatoms. The third-order valence-corrected chi connectivity index (χ3v) is 5.52. The van der Waals surface area contributed by atoms with Gasteiger partial charge >= 0.3 is 11.9 Å². The first kappa shape index (κ1) is 19.2. The molecule has 3 saturated heterocycles. The quantitative estimate of drug-likeness (QED) is 0.689. The van der Waals surface area contributed by atoms with Gasteiger partial charge in [-0.25, -0.2) is 9.59 Å². The van der Waals surface area contributed by atoms with Crippen LogP contribution in [0.15, 0.2) is 60.7 Å². The Kier molecular flexibility index (Phi) is 5.00. The highest BCUT2D eigenvalue weighted by Crippen LogP contribution is 2.43. The van der Waals surface area contributed by atoms with E-state index in [0.29, 0.717) is 11.1 Å². The lowest BCUT2D eigenvalue weighted by atomic mass is 9.82. The third-order valence-electron chi connectivity index (χ3n) is 5.52. The molecule has 4 fully saturated rings. The summed E-state index contributed by atoms with van der Waals surface area (Å²) in [6, 6.07) is 17.2. The third kappa shape index (κ3) is 3.27. The van der Waals surface area contributed by atoms with Gasteiger partial charge in [-0.15, -0.1) is 0 Å². The minimum Gasteiger partial charge on any atom is -0.453 e. The summed E-state index contributed by atoms with van der Waals surface area (Å²) < 4.78 is 34.3. The number of carbonyl (C=O) groups excluding carboxylic acids is 2. The van der Waals surface area contributed by atoms with Gasteiger partial charge in [0, 0.05) is 7.11 Å². The molecule has 7 atom stereocenters. The predicted octanol–water partition coefficient (Wildman–Crippen LogP) is 1.93. The largest absolute Gasteiger partial charge is 0.453 e. The molecule has 6 rings (SSSR count). The van der Waals surface area contributed by atoms with Crippen molar-refractivity contribution in [2.45, 2.75) is 43.1 Å². The average molecular weight is 412 g/mol. The zero-order valence-electron chi connectivity index (χ0n) is 16.1. The molecule has 2 aromatic rings. The summed E-state index contributed by atoms with van der Waals surface area (Å²) in [5.74, 6) is -1.05. The van der Waals surface area contributed by atoms with E-state index in [0.717, 1.165) is 0 Å². The molecular formula is C22H20O8. The van der Waals surface area contributed by atoms with Crippen molar-refractivity contribution in [3.63, 3.8) is 0 Å². The van der Waals surface area contributed by atoms with E-state index in [4.69, 9.17) is 28.4 Å². The summed E-state index contributed by atoms with van der Waals surface area (Å²) in [5.41, 5.74) is 0.795. The zero-order valence-corrected chi connectivity index (χ0v) is 16.1. The van der Waals surface area contributed by atoms with Crippen LogP contribution in [-0.2, 0) is 28.4 Å². The van der Waals surface area contributed by atoms with Crippen molar-refractivity contribution in [2.24, 2.45) is 0 Å². The Morgan fingerprint density at radius 3 is 1.47 bits per heavy atom. The summed E-state index contributed by atoms with van der Waals surface area (Å²) in [5, 5.41) is 0. The Hall–Kier alpha value is -2.78. The van der Waals surface area contributed by atoms with Gasteiger partial charge in [0.25, 0.3) is 6.48 Å². The molecule has 0 aromatic heterocycles. The molecule has 2 aromatic carbocycles. The fourth-order valence-electron chi connectivity index (χ4n) is 4.14. The van der Waals surface area contributed by atoms with Crippen LogP contribution in [0.4, 0.5) is 0 Å². The second-order valence-electron chi connectivity index (χ2n) is 7.26. The Morgan fingerprint density at radius 2 is 1.07 bits per heavy atom. The highest BCUT2D eigenvalue weighted by Gasteiger charge is 2.65. The van der Waals surface area contributed by atoms with E-state index in [1.165, 1.54) is 7.11 Å². The number of methoxy groups -OCH3 is 1. The molecule has 1 aliphatic carbocycles. The van der Waals surface area contributed by atoms with Crippen LogP contribution in [0.3, 0.4) is 0 Å². The van der Waals surface area contributed by atoms with Gasteiger partial charge in [-0.1, -0.05) is 36.4 Å². The standard InChI is InChI=1S/C22H20O8/c1-25-14-15-17(26-20(23)12-8-4-2-5-9-12)19-18(16(14)29-22(28-15)30-19)27-21(24)13-10-6-3-7-11-13/h2-11,14-19,22H,1H3/t14?,15-,16+,17-,18-,19?,22?/m0/s1. The van der Waals surface area contributed by atoms with Crippen LogP contribution in [0.5, 0.6) is 0 Å². The van der Waals surface area contributed by atoms with Crippen molar-refractivity contribution in [1.82, 2.24) is 0 Å². The molecule has 156 valence electrons.